The van der Waals surface area contributed by atoms with Gasteiger partial charge in [0, 0.05) is 36.8 Å². The number of hydrogen-bond donors (Lipinski definition) is 1. The van der Waals surface area contributed by atoms with E-state index in [1.54, 1.807) is 6.20 Å². The molecule has 1 saturated heterocycles. The summed E-state index contributed by atoms with van der Waals surface area (Å²) in [6, 6.07) is 12.5. The van der Waals surface area contributed by atoms with E-state index in [2.05, 4.69) is 32.5 Å². The van der Waals surface area contributed by atoms with Crippen molar-refractivity contribution in [3.63, 3.8) is 0 Å². The van der Waals surface area contributed by atoms with Gasteiger partial charge in [-0.3, -0.25) is 0 Å². The zero-order chi connectivity index (χ0) is 16.0. The zero-order valence-corrected chi connectivity index (χ0v) is 13.4. The van der Waals surface area contributed by atoms with Crippen molar-refractivity contribution in [1.82, 2.24) is 15.5 Å². The molecular weight excluding hydrogens is 304 g/mol. The molecule has 3 aliphatic rings. The molecule has 0 spiro atoms. The molecule has 2 aromatic rings. The highest BCUT2D eigenvalue weighted by atomic mass is 17.2. The predicted octanol–water partition coefficient (Wildman–Crippen LogP) is 2.10. The van der Waals surface area contributed by atoms with Gasteiger partial charge in [0.1, 0.15) is 6.10 Å². The molecule has 2 atom stereocenters. The molecule has 1 N–H and O–H groups in total. The fourth-order valence-corrected chi connectivity index (χ4v) is 4.18. The number of nitrogens with zero attached hydrogens (tertiary/aromatic N) is 3. The molecule has 0 bridgehead atoms. The molecule has 2 unspecified atom stereocenters. The monoisotopic (exact) mass is 324 g/mol. The summed E-state index contributed by atoms with van der Waals surface area (Å²) in [6.07, 6.45) is 3.98. The summed E-state index contributed by atoms with van der Waals surface area (Å²) in [5.41, 5.74) is 1.23. The molecule has 1 aromatic heterocycles. The third-order valence-electron chi connectivity index (χ3n) is 5.54. The van der Waals surface area contributed by atoms with Crippen molar-refractivity contribution >= 4 is 5.82 Å². The Balaban J connectivity index is 1.50. The van der Waals surface area contributed by atoms with Gasteiger partial charge in [0.05, 0.1) is 6.04 Å². The molecule has 1 saturated carbocycles. The average Bonchev–Trinajstić information content (AvgIpc) is 3.35. The zero-order valence-electron chi connectivity index (χ0n) is 13.4. The van der Waals surface area contributed by atoms with Gasteiger partial charge in [-0.25, -0.2) is 0 Å². The van der Waals surface area contributed by atoms with E-state index in [1.807, 2.05) is 24.3 Å². The molecule has 124 valence electrons. The molecule has 1 aliphatic carbocycles. The number of para-hydroxylation sites is 1. The summed E-state index contributed by atoms with van der Waals surface area (Å²) in [5, 5.41) is 11.9. The lowest BCUT2D eigenvalue weighted by Crippen LogP contribution is -2.57. The van der Waals surface area contributed by atoms with Crippen LogP contribution in [-0.4, -0.2) is 35.9 Å². The van der Waals surface area contributed by atoms with Gasteiger partial charge < -0.3 is 15.1 Å². The minimum absolute atomic E-state index is 0.0160. The molecule has 0 radical (unpaired) electrons. The lowest BCUT2D eigenvalue weighted by Gasteiger charge is -2.43. The Kier molecular flexibility index (Phi) is 3.21. The van der Waals surface area contributed by atoms with Crippen LogP contribution in [0.5, 0.6) is 5.75 Å². The first-order valence-corrected chi connectivity index (χ1v) is 8.56. The van der Waals surface area contributed by atoms with Gasteiger partial charge in [-0.1, -0.05) is 18.2 Å². The minimum atomic E-state index is -0.0160. The number of fused-ring (bicyclic) bond motifs is 1. The molecule has 2 aliphatic heterocycles. The number of hydrogen-bond acceptors (Lipinski definition) is 6. The van der Waals surface area contributed by atoms with E-state index in [4.69, 9.17) is 9.78 Å². The number of benzene rings is 1. The molecule has 3 heterocycles. The van der Waals surface area contributed by atoms with Crippen molar-refractivity contribution in [2.24, 2.45) is 5.41 Å². The molecule has 24 heavy (non-hydrogen) atoms. The molecule has 0 amide bonds. The predicted molar refractivity (Wildman–Crippen MR) is 88.6 cm³/mol. The second-order valence-corrected chi connectivity index (χ2v) is 6.83. The number of anilines is 1. The number of rotatable bonds is 3. The van der Waals surface area contributed by atoms with Gasteiger partial charge in [-0.05, 0) is 31.0 Å². The van der Waals surface area contributed by atoms with Crippen LogP contribution in [0, 0.1) is 5.41 Å². The molecule has 6 nitrogen and oxygen atoms in total. The Bertz CT molecular complexity index is 735. The first kappa shape index (κ1) is 14.2. The summed E-state index contributed by atoms with van der Waals surface area (Å²) in [7, 11) is 0. The van der Waals surface area contributed by atoms with Gasteiger partial charge in [0.15, 0.2) is 11.6 Å². The van der Waals surface area contributed by atoms with Gasteiger partial charge in [-0.15, -0.1) is 5.10 Å². The molecular formula is C18H20N4O2. The van der Waals surface area contributed by atoms with Gasteiger partial charge >= 0.3 is 0 Å². The SMILES string of the molecule is c1cnnc(N2CCNCC2C2(C3OOc4ccccc43)CC2)c1. The lowest BCUT2D eigenvalue weighted by molar-refractivity contribution is -0.243. The Morgan fingerprint density at radius 2 is 2.08 bits per heavy atom. The van der Waals surface area contributed by atoms with Crippen LogP contribution in [0.25, 0.3) is 0 Å². The number of nitrogens with one attached hydrogen (secondary N) is 1. The standard InChI is InChI=1S/C18H20N4O2/c1-2-5-14-13(4-1)17(24-23-14)18(7-8-18)15-12-19-10-11-22(15)16-6-3-9-20-21-16/h1-6,9,15,17,19H,7-8,10-12H2. The first-order chi connectivity index (χ1) is 11.9. The van der Waals surface area contributed by atoms with Crippen molar-refractivity contribution in [2.45, 2.75) is 25.0 Å². The summed E-state index contributed by atoms with van der Waals surface area (Å²) >= 11 is 0. The van der Waals surface area contributed by atoms with Crippen LogP contribution in [0.2, 0.25) is 0 Å². The fraction of sp³-hybridized carbons (Fsp3) is 0.444. The van der Waals surface area contributed by atoms with Gasteiger partial charge in [0.2, 0.25) is 0 Å². The third-order valence-corrected chi connectivity index (χ3v) is 5.54. The maximum Gasteiger partial charge on any atom is 0.171 e. The highest BCUT2D eigenvalue weighted by molar-refractivity contribution is 5.44. The van der Waals surface area contributed by atoms with Crippen molar-refractivity contribution in [2.75, 3.05) is 24.5 Å². The Hall–Kier alpha value is -2.18. The quantitative estimate of drug-likeness (QED) is 0.873. The fourth-order valence-electron chi connectivity index (χ4n) is 4.18. The van der Waals surface area contributed by atoms with E-state index in [0.29, 0.717) is 6.04 Å². The summed E-state index contributed by atoms with van der Waals surface area (Å²) < 4.78 is 0. The van der Waals surface area contributed by atoms with Crippen LogP contribution in [0.3, 0.4) is 0 Å². The largest absolute Gasteiger partial charge is 0.349 e. The van der Waals surface area contributed by atoms with E-state index in [9.17, 15) is 0 Å². The van der Waals surface area contributed by atoms with E-state index >= 15 is 0 Å². The third kappa shape index (κ3) is 2.10. The maximum atomic E-state index is 5.80. The van der Waals surface area contributed by atoms with Crippen molar-refractivity contribution in [1.29, 1.82) is 0 Å². The van der Waals surface area contributed by atoms with Crippen LogP contribution in [-0.2, 0) is 4.89 Å². The van der Waals surface area contributed by atoms with Crippen LogP contribution in [0.1, 0.15) is 24.5 Å². The second-order valence-electron chi connectivity index (χ2n) is 6.83. The van der Waals surface area contributed by atoms with Crippen LogP contribution in [0.4, 0.5) is 5.82 Å². The lowest BCUT2D eigenvalue weighted by atomic mass is 9.84. The second kappa shape index (κ2) is 5.43. The number of aromatic nitrogens is 2. The van der Waals surface area contributed by atoms with E-state index in [1.165, 1.54) is 5.56 Å². The average molecular weight is 324 g/mol. The summed E-state index contributed by atoms with van der Waals surface area (Å²) in [4.78, 5) is 13.7. The maximum absolute atomic E-state index is 5.80. The van der Waals surface area contributed by atoms with E-state index in [0.717, 1.165) is 44.0 Å². The van der Waals surface area contributed by atoms with E-state index < -0.39 is 0 Å². The van der Waals surface area contributed by atoms with Gasteiger partial charge in [-0.2, -0.15) is 9.99 Å². The number of piperazine rings is 1. The highest BCUT2D eigenvalue weighted by Gasteiger charge is 2.61. The summed E-state index contributed by atoms with van der Waals surface area (Å²) in [6.45, 7) is 2.82. The first-order valence-electron chi connectivity index (χ1n) is 8.56. The summed E-state index contributed by atoms with van der Waals surface area (Å²) in [5.74, 6) is 1.80. The van der Waals surface area contributed by atoms with Crippen molar-refractivity contribution in [3.05, 3.63) is 48.2 Å². The molecule has 5 rings (SSSR count). The Labute approximate surface area is 140 Å². The van der Waals surface area contributed by atoms with Gasteiger partial charge in [0.25, 0.3) is 0 Å². The normalized spacial score (nSPS) is 27.4. The molecule has 1 aromatic carbocycles. The van der Waals surface area contributed by atoms with Crippen molar-refractivity contribution < 1.29 is 9.78 Å². The van der Waals surface area contributed by atoms with E-state index in [-0.39, 0.29) is 11.5 Å². The van der Waals surface area contributed by atoms with Crippen molar-refractivity contribution in [3.8, 4) is 5.75 Å². The minimum Gasteiger partial charge on any atom is -0.349 e. The smallest absolute Gasteiger partial charge is 0.171 e. The Morgan fingerprint density at radius 3 is 2.92 bits per heavy atom. The van der Waals surface area contributed by atoms with Crippen LogP contribution >= 0.6 is 0 Å². The highest BCUT2D eigenvalue weighted by Crippen LogP contribution is 2.63. The molecule has 2 fully saturated rings. The van der Waals surface area contributed by atoms with Crippen LogP contribution in [0.15, 0.2) is 42.6 Å². The Morgan fingerprint density at radius 1 is 1.17 bits per heavy atom. The molecule has 6 heteroatoms. The topological polar surface area (TPSA) is 59.5 Å². The van der Waals surface area contributed by atoms with Crippen LogP contribution < -0.4 is 15.1 Å².